The number of benzene rings is 1. The molecule has 174 valence electrons. The maximum Gasteiger partial charge on any atom is 0.314 e. The second kappa shape index (κ2) is 9.28. The number of hydrogen-bond donors (Lipinski definition) is 0. The van der Waals surface area contributed by atoms with E-state index in [9.17, 15) is 14.4 Å². The first-order chi connectivity index (χ1) is 15.3. The van der Waals surface area contributed by atoms with E-state index in [-0.39, 0.29) is 35.9 Å². The quantitative estimate of drug-likeness (QED) is 0.341. The van der Waals surface area contributed by atoms with E-state index in [1.165, 1.54) is 12.3 Å². The van der Waals surface area contributed by atoms with Crippen molar-refractivity contribution in [2.45, 2.75) is 54.5 Å². The van der Waals surface area contributed by atoms with Gasteiger partial charge in [-0.1, -0.05) is 48.6 Å². The Kier molecular flexibility index (Phi) is 6.97. The number of ketones is 1. The highest BCUT2D eigenvalue weighted by molar-refractivity contribution is 8.18. The molecule has 4 atom stereocenters. The summed E-state index contributed by atoms with van der Waals surface area (Å²) in [4.78, 5) is 38.5. The summed E-state index contributed by atoms with van der Waals surface area (Å²) in [6.45, 7) is 4.77. The number of ether oxygens (including phenoxy) is 2. The number of thioether (sulfide) groups is 2. The number of aldehydes is 1. The molecule has 0 bridgehead atoms. The largest absolute Gasteiger partial charge is 0.469 e. The number of carbonyl (C=O) groups is 3. The minimum Gasteiger partial charge on any atom is -0.469 e. The van der Waals surface area contributed by atoms with Crippen LogP contribution in [-0.2, 0) is 23.9 Å². The maximum absolute atomic E-state index is 13.6. The summed E-state index contributed by atoms with van der Waals surface area (Å²) in [6.07, 6.45) is 2.80. The van der Waals surface area contributed by atoms with Crippen LogP contribution in [0.4, 0.5) is 0 Å². The fraction of sp³-hybridized carbons (Fsp3) is 0.625. The molecule has 0 unspecified atom stereocenters. The van der Waals surface area contributed by atoms with Crippen LogP contribution in [0.25, 0.3) is 0 Å². The van der Waals surface area contributed by atoms with Gasteiger partial charge in [-0.3, -0.25) is 9.59 Å². The number of fused-ring (bicyclic) bond motifs is 1. The van der Waals surface area contributed by atoms with Crippen LogP contribution in [0.1, 0.15) is 25.7 Å². The molecule has 0 aromatic heterocycles. The number of rotatable bonds is 6. The molecule has 5 nitrogen and oxygen atoms in total. The fourth-order valence-electron chi connectivity index (χ4n) is 6.16. The predicted molar refractivity (Wildman–Crippen MR) is 132 cm³/mol. The molecular formula is C24H32O5S2Si. The van der Waals surface area contributed by atoms with Crippen molar-refractivity contribution in [1.82, 2.24) is 0 Å². The van der Waals surface area contributed by atoms with Crippen molar-refractivity contribution >= 4 is 54.8 Å². The lowest BCUT2D eigenvalue weighted by Gasteiger charge is -2.50. The highest BCUT2D eigenvalue weighted by Gasteiger charge is 2.69. The Balaban J connectivity index is 1.82. The van der Waals surface area contributed by atoms with Crippen LogP contribution in [0.5, 0.6) is 0 Å². The number of methoxy groups -OCH3 is 1. The van der Waals surface area contributed by atoms with Crippen molar-refractivity contribution in [3.63, 3.8) is 0 Å². The third-order valence-electron chi connectivity index (χ3n) is 7.77. The topological polar surface area (TPSA) is 69.7 Å². The summed E-state index contributed by atoms with van der Waals surface area (Å²) >= 11 is 3.53. The SMILES string of the molecule is COC(=O)[C@]12CO[C@@H](C3(CC=O)SCCCS3)[C@@H]1CC(=O)C[C@@H]2[Si](C)(C)c1ccccc1. The van der Waals surface area contributed by atoms with Gasteiger partial charge in [0.1, 0.15) is 12.1 Å². The van der Waals surface area contributed by atoms with Crippen LogP contribution < -0.4 is 5.19 Å². The first-order valence-corrected chi connectivity index (χ1v) is 16.4. The Morgan fingerprint density at radius 1 is 1.22 bits per heavy atom. The standard InChI is InChI=1S/C24H32O5S2Si/c1-28-22(27)23-16-29-21(24(10-11-25)30-12-7-13-31-24)19(23)14-17(26)15-20(23)32(2,3)18-8-5-4-6-9-18/h4-6,8-9,11,19-21H,7,10,12-16H2,1-3H3/t19-,20-,21+,23+/m0/s1. The Hall–Kier alpha value is -1.09. The average Bonchev–Trinajstić information content (AvgIpc) is 3.20. The van der Waals surface area contributed by atoms with Gasteiger partial charge in [0, 0.05) is 25.2 Å². The van der Waals surface area contributed by atoms with Gasteiger partial charge in [0.25, 0.3) is 0 Å². The summed E-state index contributed by atoms with van der Waals surface area (Å²) in [5, 5.41) is 1.23. The highest BCUT2D eigenvalue weighted by atomic mass is 32.2. The van der Waals surface area contributed by atoms with E-state index in [2.05, 4.69) is 25.2 Å². The second-order valence-electron chi connectivity index (χ2n) is 9.69. The van der Waals surface area contributed by atoms with Gasteiger partial charge in [-0.15, -0.1) is 23.5 Å². The van der Waals surface area contributed by atoms with Crippen LogP contribution in [0, 0.1) is 11.3 Å². The molecule has 0 spiro atoms. The van der Waals surface area contributed by atoms with Crippen LogP contribution in [0.15, 0.2) is 30.3 Å². The lowest BCUT2D eigenvalue weighted by molar-refractivity contribution is -0.158. The summed E-state index contributed by atoms with van der Waals surface area (Å²) in [5.41, 5.74) is -0.971. The van der Waals surface area contributed by atoms with Gasteiger partial charge in [0.15, 0.2) is 0 Å². The lowest BCUT2D eigenvalue weighted by Crippen LogP contribution is -2.61. The number of Topliss-reactive ketones (excluding diaryl/α,β-unsaturated/α-hetero) is 1. The van der Waals surface area contributed by atoms with Gasteiger partial charge in [-0.25, -0.2) is 0 Å². The minimum atomic E-state index is -2.26. The van der Waals surface area contributed by atoms with Crippen LogP contribution in [0.3, 0.4) is 0 Å². The molecule has 3 aliphatic rings. The molecule has 1 saturated carbocycles. The second-order valence-corrected chi connectivity index (χ2v) is 17.5. The van der Waals surface area contributed by atoms with Gasteiger partial charge in [-0.05, 0) is 23.5 Å². The number of esters is 1. The highest BCUT2D eigenvalue weighted by Crippen LogP contribution is 2.63. The molecule has 3 fully saturated rings. The summed E-state index contributed by atoms with van der Waals surface area (Å²) in [7, 11) is -0.823. The Morgan fingerprint density at radius 3 is 2.53 bits per heavy atom. The molecule has 2 saturated heterocycles. The molecule has 4 rings (SSSR count). The Morgan fingerprint density at radius 2 is 1.91 bits per heavy atom. The molecule has 0 amide bonds. The molecule has 1 aromatic rings. The summed E-state index contributed by atoms with van der Waals surface area (Å²) in [6, 6.07) is 10.3. The van der Waals surface area contributed by atoms with E-state index in [0.29, 0.717) is 19.3 Å². The van der Waals surface area contributed by atoms with E-state index in [4.69, 9.17) is 9.47 Å². The third-order valence-corrected chi connectivity index (χ3v) is 15.5. The van der Waals surface area contributed by atoms with Crippen molar-refractivity contribution in [3.05, 3.63) is 30.3 Å². The number of hydrogen-bond acceptors (Lipinski definition) is 7. The molecule has 2 heterocycles. The van der Waals surface area contributed by atoms with Gasteiger partial charge < -0.3 is 14.3 Å². The van der Waals surface area contributed by atoms with Gasteiger partial charge in [0.05, 0.1) is 37.4 Å². The molecular weight excluding hydrogens is 460 g/mol. The molecule has 0 N–H and O–H groups in total. The molecule has 1 aliphatic carbocycles. The summed E-state index contributed by atoms with van der Waals surface area (Å²) in [5.74, 6) is 1.58. The van der Waals surface area contributed by atoms with Gasteiger partial charge >= 0.3 is 5.97 Å². The van der Waals surface area contributed by atoms with E-state index in [1.54, 1.807) is 23.5 Å². The van der Waals surface area contributed by atoms with E-state index in [0.717, 1.165) is 24.2 Å². The van der Waals surface area contributed by atoms with Crippen LogP contribution in [0.2, 0.25) is 18.6 Å². The van der Waals surface area contributed by atoms with Crippen molar-refractivity contribution in [3.8, 4) is 0 Å². The van der Waals surface area contributed by atoms with Gasteiger partial charge in [0.2, 0.25) is 0 Å². The van der Waals surface area contributed by atoms with E-state index >= 15 is 0 Å². The first-order valence-electron chi connectivity index (χ1n) is 11.3. The number of carbonyl (C=O) groups excluding carboxylic acids is 3. The first kappa shape index (κ1) is 24.0. The monoisotopic (exact) mass is 492 g/mol. The van der Waals surface area contributed by atoms with Crippen molar-refractivity contribution in [2.75, 3.05) is 25.2 Å². The third kappa shape index (κ3) is 3.81. The normalized spacial score (nSPS) is 32.2. The predicted octanol–water partition coefficient (Wildman–Crippen LogP) is 3.66. The van der Waals surface area contributed by atoms with Crippen molar-refractivity contribution < 1.29 is 23.9 Å². The minimum absolute atomic E-state index is 0.118. The van der Waals surface area contributed by atoms with Crippen LogP contribution >= 0.6 is 23.5 Å². The smallest absolute Gasteiger partial charge is 0.314 e. The summed E-state index contributed by atoms with van der Waals surface area (Å²) < 4.78 is 11.5. The van der Waals surface area contributed by atoms with Crippen molar-refractivity contribution in [2.24, 2.45) is 11.3 Å². The van der Waals surface area contributed by atoms with Crippen molar-refractivity contribution in [1.29, 1.82) is 0 Å². The zero-order chi connectivity index (χ0) is 23.0. The zero-order valence-corrected chi connectivity index (χ0v) is 21.6. The Bertz CT molecular complexity index is 870. The van der Waals surface area contributed by atoms with E-state index in [1.807, 2.05) is 18.2 Å². The zero-order valence-electron chi connectivity index (χ0n) is 19.0. The molecule has 8 heteroatoms. The Labute approximate surface area is 199 Å². The average molecular weight is 493 g/mol. The maximum atomic E-state index is 13.6. The van der Waals surface area contributed by atoms with E-state index < -0.39 is 17.6 Å². The fourth-order valence-corrected chi connectivity index (χ4v) is 13.5. The lowest BCUT2D eigenvalue weighted by atomic mass is 9.64. The van der Waals surface area contributed by atoms with Gasteiger partial charge in [-0.2, -0.15) is 0 Å². The molecule has 2 aliphatic heterocycles. The molecule has 0 radical (unpaired) electrons. The molecule has 1 aromatic carbocycles. The van der Waals surface area contributed by atoms with Crippen LogP contribution in [-0.4, -0.2) is 61.5 Å². The molecule has 32 heavy (non-hydrogen) atoms.